The second-order valence-corrected chi connectivity index (χ2v) is 5.16. The zero-order chi connectivity index (χ0) is 12.1. The van der Waals surface area contributed by atoms with Gasteiger partial charge in [-0.25, -0.2) is 0 Å². The summed E-state index contributed by atoms with van der Waals surface area (Å²) in [5.74, 6) is 0. The maximum atomic E-state index is 5.61. The van der Waals surface area contributed by atoms with Gasteiger partial charge in [-0.3, -0.25) is 4.90 Å². The fraction of sp³-hybridized carbons (Fsp3) is 0.538. The fourth-order valence-corrected chi connectivity index (χ4v) is 2.13. The molecule has 0 aliphatic heterocycles. The third-order valence-electron chi connectivity index (χ3n) is 3.12. The van der Waals surface area contributed by atoms with Crippen molar-refractivity contribution in [2.75, 3.05) is 7.05 Å². The molecule has 1 rings (SSSR count). The van der Waals surface area contributed by atoms with Crippen molar-refractivity contribution in [2.24, 2.45) is 5.73 Å². The molecule has 1 unspecified atom stereocenters. The first-order chi connectivity index (χ1) is 7.58. The van der Waals surface area contributed by atoms with Gasteiger partial charge in [0.15, 0.2) is 0 Å². The van der Waals surface area contributed by atoms with Crippen LogP contribution in [0.4, 0.5) is 0 Å². The van der Waals surface area contributed by atoms with Crippen LogP contribution in [0.5, 0.6) is 0 Å². The van der Waals surface area contributed by atoms with Crippen LogP contribution >= 0.6 is 15.9 Å². The Kier molecular flexibility index (Phi) is 5.46. The molecule has 0 aliphatic carbocycles. The molecule has 0 radical (unpaired) electrons. The summed E-state index contributed by atoms with van der Waals surface area (Å²) in [5.41, 5.74) is 8.10. The van der Waals surface area contributed by atoms with E-state index >= 15 is 0 Å². The molecule has 1 atom stereocenters. The largest absolute Gasteiger partial charge is 0.326 e. The van der Waals surface area contributed by atoms with Gasteiger partial charge >= 0.3 is 0 Å². The van der Waals surface area contributed by atoms with Crippen LogP contribution in [-0.4, -0.2) is 18.0 Å². The van der Waals surface area contributed by atoms with E-state index in [1.54, 1.807) is 0 Å². The van der Waals surface area contributed by atoms with E-state index < -0.39 is 0 Å². The standard InChI is InChI=1S/C13H21BrN2/c1-4-10(2)16(3)9-12-6-5-11(8-15)7-13(12)14/h5-7,10H,4,8-9,15H2,1-3H3. The van der Waals surface area contributed by atoms with E-state index in [2.05, 4.69) is 59.9 Å². The highest BCUT2D eigenvalue weighted by molar-refractivity contribution is 9.10. The van der Waals surface area contributed by atoms with Crippen LogP contribution in [0.15, 0.2) is 22.7 Å². The van der Waals surface area contributed by atoms with Crippen molar-refractivity contribution >= 4 is 15.9 Å². The summed E-state index contributed by atoms with van der Waals surface area (Å²) in [6, 6.07) is 6.98. The van der Waals surface area contributed by atoms with E-state index in [1.165, 1.54) is 17.5 Å². The molecule has 1 aromatic carbocycles. The third kappa shape index (κ3) is 3.58. The summed E-state index contributed by atoms with van der Waals surface area (Å²) in [7, 11) is 2.16. The van der Waals surface area contributed by atoms with Gasteiger partial charge < -0.3 is 5.73 Å². The summed E-state index contributed by atoms with van der Waals surface area (Å²) >= 11 is 3.61. The minimum Gasteiger partial charge on any atom is -0.326 e. The highest BCUT2D eigenvalue weighted by atomic mass is 79.9. The Morgan fingerprint density at radius 1 is 1.44 bits per heavy atom. The number of hydrogen-bond acceptors (Lipinski definition) is 2. The molecule has 3 heteroatoms. The molecule has 2 nitrogen and oxygen atoms in total. The highest BCUT2D eigenvalue weighted by Gasteiger charge is 2.09. The lowest BCUT2D eigenvalue weighted by atomic mass is 10.1. The number of hydrogen-bond donors (Lipinski definition) is 1. The van der Waals surface area contributed by atoms with Gasteiger partial charge in [0.1, 0.15) is 0 Å². The quantitative estimate of drug-likeness (QED) is 0.900. The van der Waals surface area contributed by atoms with Crippen molar-refractivity contribution in [3.05, 3.63) is 33.8 Å². The first-order valence-corrected chi connectivity index (χ1v) is 6.55. The van der Waals surface area contributed by atoms with Crippen molar-refractivity contribution in [1.29, 1.82) is 0 Å². The molecular formula is C13H21BrN2. The van der Waals surface area contributed by atoms with E-state index in [-0.39, 0.29) is 0 Å². The van der Waals surface area contributed by atoms with Crippen molar-refractivity contribution < 1.29 is 0 Å². The predicted molar refractivity (Wildman–Crippen MR) is 73.3 cm³/mol. The second kappa shape index (κ2) is 6.38. The summed E-state index contributed by atoms with van der Waals surface area (Å²) in [6.45, 7) is 6.04. The van der Waals surface area contributed by atoms with Crippen LogP contribution in [-0.2, 0) is 13.1 Å². The third-order valence-corrected chi connectivity index (χ3v) is 3.85. The van der Waals surface area contributed by atoms with Gasteiger partial charge in [-0.15, -0.1) is 0 Å². The molecule has 1 aromatic rings. The molecule has 2 N–H and O–H groups in total. The summed E-state index contributed by atoms with van der Waals surface area (Å²) < 4.78 is 1.16. The Bertz CT molecular complexity index is 339. The van der Waals surface area contributed by atoms with Crippen LogP contribution < -0.4 is 5.73 Å². The number of nitrogens with zero attached hydrogens (tertiary/aromatic N) is 1. The zero-order valence-electron chi connectivity index (χ0n) is 10.3. The first kappa shape index (κ1) is 13.7. The number of benzene rings is 1. The lowest BCUT2D eigenvalue weighted by molar-refractivity contribution is 0.243. The molecule has 0 aliphatic rings. The molecule has 16 heavy (non-hydrogen) atoms. The predicted octanol–water partition coefficient (Wildman–Crippen LogP) is 3.14. The summed E-state index contributed by atoms with van der Waals surface area (Å²) in [4.78, 5) is 2.36. The average Bonchev–Trinajstić information content (AvgIpc) is 2.30. The smallest absolute Gasteiger partial charge is 0.0244 e. The monoisotopic (exact) mass is 284 g/mol. The normalized spacial score (nSPS) is 13.1. The summed E-state index contributed by atoms with van der Waals surface area (Å²) in [5, 5.41) is 0. The molecule has 0 saturated heterocycles. The molecule has 0 saturated carbocycles. The van der Waals surface area contributed by atoms with Gasteiger partial charge in [0.05, 0.1) is 0 Å². The van der Waals surface area contributed by atoms with E-state index in [0.717, 1.165) is 11.0 Å². The Balaban J connectivity index is 2.74. The van der Waals surface area contributed by atoms with Crippen LogP contribution in [0.25, 0.3) is 0 Å². The zero-order valence-corrected chi connectivity index (χ0v) is 11.9. The Morgan fingerprint density at radius 2 is 2.12 bits per heavy atom. The van der Waals surface area contributed by atoms with Crippen molar-refractivity contribution in [3.63, 3.8) is 0 Å². The number of rotatable bonds is 5. The SMILES string of the molecule is CCC(C)N(C)Cc1ccc(CN)cc1Br. The van der Waals surface area contributed by atoms with E-state index in [9.17, 15) is 0 Å². The first-order valence-electron chi connectivity index (χ1n) is 5.76. The minimum absolute atomic E-state index is 0.597. The molecule has 0 aromatic heterocycles. The second-order valence-electron chi connectivity index (χ2n) is 4.30. The molecule has 0 spiro atoms. The van der Waals surface area contributed by atoms with Crippen molar-refractivity contribution in [2.45, 2.75) is 39.4 Å². The lowest BCUT2D eigenvalue weighted by Gasteiger charge is -2.24. The van der Waals surface area contributed by atoms with Crippen LogP contribution in [0.1, 0.15) is 31.4 Å². The van der Waals surface area contributed by atoms with Crippen LogP contribution in [0.3, 0.4) is 0 Å². The lowest BCUT2D eigenvalue weighted by Crippen LogP contribution is -2.27. The Morgan fingerprint density at radius 3 is 2.62 bits per heavy atom. The van der Waals surface area contributed by atoms with Gasteiger partial charge in [-0.1, -0.05) is 35.0 Å². The van der Waals surface area contributed by atoms with Crippen molar-refractivity contribution in [1.82, 2.24) is 4.90 Å². The van der Waals surface area contributed by atoms with E-state index in [1.807, 2.05) is 0 Å². The maximum Gasteiger partial charge on any atom is 0.0244 e. The van der Waals surface area contributed by atoms with E-state index in [4.69, 9.17) is 5.73 Å². The van der Waals surface area contributed by atoms with Gasteiger partial charge in [0.2, 0.25) is 0 Å². The fourth-order valence-electron chi connectivity index (χ4n) is 1.58. The van der Waals surface area contributed by atoms with Crippen LogP contribution in [0.2, 0.25) is 0 Å². The number of halogens is 1. The van der Waals surface area contributed by atoms with Gasteiger partial charge in [0.25, 0.3) is 0 Å². The van der Waals surface area contributed by atoms with Crippen LogP contribution in [0, 0.1) is 0 Å². The molecule has 0 fully saturated rings. The molecule has 0 bridgehead atoms. The maximum absolute atomic E-state index is 5.61. The van der Waals surface area contributed by atoms with Gasteiger partial charge in [0, 0.05) is 23.6 Å². The van der Waals surface area contributed by atoms with Crippen molar-refractivity contribution in [3.8, 4) is 0 Å². The minimum atomic E-state index is 0.597. The van der Waals surface area contributed by atoms with Gasteiger partial charge in [-0.05, 0) is 37.6 Å². The Labute approximate surface area is 107 Å². The Hall–Kier alpha value is -0.380. The summed E-state index contributed by atoms with van der Waals surface area (Å²) in [6.07, 6.45) is 1.18. The average molecular weight is 285 g/mol. The van der Waals surface area contributed by atoms with E-state index in [0.29, 0.717) is 12.6 Å². The molecule has 90 valence electrons. The number of nitrogens with two attached hydrogens (primary N) is 1. The highest BCUT2D eigenvalue weighted by Crippen LogP contribution is 2.20. The molecular weight excluding hydrogens is 264 g/mol. The topological polar surface area (TPSA) is 29.3 Å². The van der Waals surface area contributed by atoms with Gasteiger partial charge in [-0.2, -0.15) is 0 Å². The molecule has 0 amide bonds. The molecule has 0 heterocycles.